The van der Waals surface area contributed by atoms with Crippen LogP contribution in [0.4, 0.5) is 0 Å². The zero-order valence-corrected chi connectivity index (χ0v) is 11.4. The van der Waals surface area contributed by atoms with Gasteiger partial charge in [0.1, 0.15) is 10.6 Å². The highest BCUT2D eigenvalue weighted by atomic mass is 35.5. The molecular formula is C13H12ClNO3S. The molecule has 0 aliphatic rings. The largest absolute Gasteiger partial charge is 0.508 e. The highest BCUT2D eigenvalue weighted by Crippen LogP contribution is 2.20. The molecule has 0 unspecified atom stereocenters. The van der Waals surface area contributed by atoms with Crippen LogP contribution >= 0.6 is 11.6 Å². The summed E-state index contributed by atoms with van der Waals surface area (Å²) >= 11 is 5.86. The van der Waals surface area contributed by atoms with Gasteiger partial charge in [-0.15, -0.1) is 0 Å². The number of nitrogens with one attached hydrogen (secondary N) is 1. The van der Waals surface area contributed by atoms with E-state index < -0.39 is 10.0 Å². The molecule has 2 aromatic carbocycles. The van der Waals surface area contributed by atoms with Gasteiger partial charge in [-0.2, -0.15) is 0 Å². The van der Waals surface area contributed by atoms with Crippen LogP contribution in [0.1, 0.15) is 5.56 Å². The molecule has 0 amide bonds. The number of phenolic OH excluding ortho intramolecular Hbond substituents is 1. The molecule has 0 heterocycles. The molecule has 4 nitrogen and oxygen atoms in total. The molecule has 0 aliphatic heterocycles. The lowest BCUT2D eigenvalue weighted by atomic mass is 10.2. The first-order chi connectivity index (χ1) is 8.99. The standard InChI is InChI=1S/C13H12ClNO3S/c14-12-6-1-2-7-13(12)19(17,18)15-9-10-4-3-5-11(16)8-10/h1-8,15-16H,9H2. The van der Waals surface area contributed by atoms with Crippen molar-refractivity contribution in [3.05, 3.63) is 59.1 Å². The Morgan fingerprint density at radius 2 is 1.84 bits per heavy atom. The topological polar surface area (TPSA) is 66.4 Å². The third kappa shape index (κ3) is 3.47. The van der Waals surface area contributed by atoms with Crippen molar-refractivity contribution in [1.82, 2.24) is 4.72 Å². The number of hydrogen-bond donors (Lipinski definition) is 2. The van der Waals surface area contributed by atoms with Crippen molar-refractivity contribution in [2.75, 3.05) is 0 Å². The quantitative estimate of drug-likeness (QED) is 0.911. The minimum absolute atomic E-state index is 0.0387. The van der Waals surface area contributed by atoms with Crippen molar-refractivity contribution in [3.63, 3.8) is 0 Å². The molecule has 0 spiro atoms. The fourth-order valence-corrected chi connectivity index (χ4v) is 3.12. The van der Waals surface area contributed by atoms with Gasteiger partial charge in [0.2, 0.25) is 10.0 Å². The smallest absolute Gasteiger partial charge is 0.242 e. The van der Waals surface area contributed by atoms with Gasteiger partial charge in [0.25, 0.3) is 0 Å². The Balaban J connectivity index is 2.17. The second-order valence-electron chi connectivity index (χ2n) is 3.92. The molecule has 0 saturated carbocycles. The van der Waals surface area contributed by atoms with Crippen molar-refractivity contribution in [3.8, 4) is 5.75 Å². The molecule has 2 rings (SSSR count). The molecule has 6 heteroatoms. The van der Waals surface area contributed by atoms with Gasteiger partial charge < -0.3 is 5.11 Å². The molecule has 19 heavy (non-hydrogen) atoms. The third-order valence-corrected chi connectivity index (χ3v) is 4.40. The predicted molar refractivity (Wildman–Crippen MR) is 73.6 cm³/mol. The molecule has 0 aromatic heterocycles. The van der Waals surface area contributed by atoms with Crippen LogP contribution in [0.25, 0.3) is 0 Å². The average molecular weight is 298 g/mol. The molecule has 0 bridgehead atoms. The maximum absolute atomic E-state index is 12.1. The molecule has 0 saturated heterocycles. The van der Waals surface area contributed by atoms with Crippen LogP contribution in [-0.4, -0.2) is 13.5 Å². The van der Waals surface area contributed by atoms with Crippen LogP contribution in [0.3, 0.4) is 0 Å². The summed E-state index contributed by atoms with van der Waals surface area (Å²) in [7, 11) is -3.67. The molecule has 0 radical (unpaired) electrons. The molecule has 0 atom stereocenters. The summed E-state index contributed by atoms with van der Waals surface area (Å²) in [5.74, 6) is 0.0921. The first kappa shape index (κ1) is 13.9. The summed E-state index contributed by atoms with van der Waals surface area (Å²) in [6.07, 6.45) is 0. The molecule has 0 fully saturated rings. The maximum atomic E-state index is 12.1. The zero-order valence-electron chi connectivity index (χ0n) is 9.88. The van der Waals surface area contributed by atoms with Crippen molar-refractivity contribution >= 4 is 21.6 Å². The van der Waals surface area contributed by atoms with E-state index in [4.69, 9.17) is 11.6 Å². The van der Waals surface area contributed by atoms with Gasteiger partial charge >= 0.3 is 0 Å². The molecule has 2 aromatic rings. The second kappa shape index (κ2) is 5.61. The average Bonchev–Trinajstić information content (AvgIpc) is 2.37. The maximum Gasteiger partial charge on any atom is 0.242 e. The Morgan fingerprint density at radius 3 is 2.53 bits per heavy atom. The van der Waals surface area contributed by atoms with Gasteiger partial charge in [0, 0.05) is 6.54 Å². The van der Waals surface area contributed by atoms with Gasteiger partial charge in [-0.05, 0) is 29.8 Å². The predicted octanol–water partition coefficient (Wildman–Crippen LogP) is 2.52. The van der Waals surface area contributed by atoms with Crippen LogP contribution in [0.15, 0.2) is 53.4 Å². The number of rotatable bonds is 4. The third-order valence-electron chi connectivity index (χ3n) is 2.50. The SMILES string of the molecule is O=S(=O)(NCc1cccc(O)c1)c1ccccc1Cl. The monoisotopic (exact) mass is 297 g/mol. The minimum Gasteiger partial charge on any atom is -0.508 e. The van der Waals surface area contributed by atoms with Crippen molar-refractivity contribution in [1.29, 1.82) is 0 Å². The van der Waals surface area contributed by atoms with Crippen LogP contribution in [-0.2, 0) is 16.6 Å². The van der Waals surface area contributed by atoms with E-state index >= 15 is 0 Å². The Kier molecular flexibility index (Phi) is 4.09. The number of phenols is 1. The summed E-state index contributed by atoms with van der Waals surface area (Å²) in [6, 6.07) is 12.6. The van der Waals surface area contributed by atoms with Gasteiger partial charge in [0.15, 0.2) is 0 Å². The van der Waals surface area contributed by atoms with Crippen molar-refractivity contribution in [2.45, 2.75) is 11.4 Å². The highest BCUT2D eigenvalue weighted by Gasteiger charge is 2.16. The van der Waals surface area contributed by atoms with Crippen LogP contribution in [0, 0.1) is 0 Å². The van der Waals surface area contributed by atoms with E-state index in [1.807, 2.05) is 0 Å². The van der Waals surface area contributed by atoms with Crippen molar-refractivity contribution < 1.29 is 13.5 Å². The summed E-state index contributed by atoms with van der Waals surface area (Å²) in [5, 5.41) is 9.48. The van der Waals surface area contributed by atoms with Gasteiger partial charge in [0.05, 0.1) is 5.02 Å². The molecule has 0 aliphatic carbocycles. The zero-order chi connectivity index (χ0) is 13.9. The Labute approximate surface area is 116 Å². The van der Waals surface area contributed by atoms with Gasteiger partial charge in [-0.25, -0.2) is 13.1 Å². The van der Waals surface area contributed by atoms with E-state index in [0.717, 1.165) is 0 Å². The number of benzene rings is 2. The van der Waals surface area contributed by atoms with Crippen molar-refractivity contribution in [2.24, 2.45) is 0 Å². The minimum atomic E-state index is -3.67. The van der Waals surface area contributed by atoms with E-state index in [0.29, 0.717) is 5.56 Å². The first-order valence-electron chi connectivity index (χ1n) is 5.51. The second-order valence-corrected chi connectivity index (χ2v) is 6.07. The van der Waals surface area contributed by atoms with Crippen LogP contribution in [0.2, 0.25) is 5.02 Å². The normalized spacial score (nSPS) is 11.4. The number of sulfonamides is 1. The summed E-state index contributed by atoms with van der Waals surface area (Å²) in [4.78, 5) is 0.0387. The Morgan fingerprint density at radius 1 is 1.11 bits per heavy atom. The summed E-state index contributed by atoms with van der Waals surface area (Å²) < 4.78 is 26.5. The number of hydrogen-bond acceptors (Lipinski definition) is 3. The van der Waals surface area contributed by atoms with E-state index in [2.05, 4.69) is 4.72 Å². The van der Waals surface area contributed by atoms with E-state index in [9.17, 15) is 13.5 Å². The summed E-state index contributed by atoms with van der Waals surface area (Å²) in [5.41, 5.74) is 0.663. The molecular weight excluding hydrogens is 286 g/mol. The summed E-state index contributed by atoms with van der Waals surface area (Å²) in [6.45, 7) is 0.0853. The van der Waals surface area contributed by atoms with E-state index in [1.165, 1.54) is 24.3 Å². The van der Waals surface area contributed by atoms with Crippen LogP contribution in [0.5, 0.6) is 5.75 Å². The van der Waals surface area contributed by atoms with Gasteiger partial charge in [-0.1, -0.05) is 35.9 Å². The van der Waals surface area contributed by atoms with Gasteiger partial charge in [-0.3, -0.25) is 0 Å². The fourth-order valence-electron chi connectivity index (χ4n) is 1.59. The van der Waals surface area contributed by atoms with Crippen LogP contribution < -0.4 is 4.72 Å². The molecule has 100 valence electrons. The first-order valence-corrected chi connectivity index (χ1v) is 7.37. The lowest BCUT2D eigenvalue weighted by molar-refractivity contribution is 0.474. The highest BCUT2D eigenvalue weighted by molar-refractivity contribution is 7.89. The number of halogens is 1. The lowest BCUT2D eigenvalue weighted by Gasteiger charge is -2.08. The fraction of sp³-hybridized carbons (Fsp3) is 0.0769. The lowest BCUT2D eigenvalue weighted by Crippen LogP contribution is -2.23. The Hall–Kier alpha value is -1.56. The van der Waals surface area contributed by atoms with E-state index in [-0.39, 0.29) is 22.2 Å². The Bertz CT molecular complexity index is 686. The van der Waals surface area contributed by atoms with E-state index in [1.54, 1.807) is 24.3 Å². The molecule has 2 N–H and O–H groups in total. The number of aromatic hydroxyl groups is 1.